The smallest absolute Gasteiger partial charge is 0.122 e. The molecule has 1 aromatic carbocycles. The van der Waals surface area contributed by atoms with Gasteiger partial charge >= 0.3 is 0 Å². The number of benzene rings is 1. The fourth-order valence-electron chi connectivity index (χ4n) is 2.42. The number of hydrogen-bond donors (Lipinski definition) is 1. The molecule has 0 amide bonds. The number of hydrogen-bond acceptors (Lipinski definition) is 4. The molecule has 1 aromatic heterocycles. The van der Waals surface area contributed by atoms with E-state index in [1.165, 1.54) is 19.3 Å². The molecular formula is C18H27ClN2O3. The number of unbranched alkanes of at least 4 members (excludes halogenated alkanes) is 3. The first-order chi connectivity index (χ1) is 11.3. The van der Waals surface area contributed by atoms with Crippen LogP contribution in [0.5, 0.6) is 11.5 Å². The number of rotatable bonds is 11. The zero-order valence-corrected chi connectivity index (χ0v) is 15.2. The molecule has 0 unspecified atom stereocenters. The molecule has 1 N–H and O–H groups in total. The van der Waals surface area contributed by atoms with Crippen LogP contribution in [0.15, 0.2) is 30.6 Å². The number of methoxy groups -OCH3 is 2. The van der Waals surface area contributed by atoms with Gasteiger partial charge in [-0.3, -0.25) is 0 Å². The molecule has 0 bridgehead atoms. The van der Waals surface area contributed by atoms with Crippen LogP contribution >= 0.6 is 12.4 Å². The molecule has 0 aliphatic carbocycles. The Morgan fingerprint density at radius 2 is 1.67 bits per heavy atom. The van der Waals surface area contributed by atoms with Crippen molar-refractivity contribution in [1.29, 1.82) is 0 Å². The molecular weight excluding hydrogens is 328 g/mol. The summed E-state index contributed by atoms with van der Waals surface area (Å²) in [5, 5.41) is 0. The summed E-state index contributed by atoms with van der Waals surface area (Å²) in [5.74, 6) is 2.66. The van der Waals surface area contributed by atoms with Gasteiger partial charge in [0.1, 0.15) is 17.3 Å². The third-order valence-electron chi connectivity index (χ3n) is 3.69. The lowest BCUT2D eigenvalue weighted by molar-refractivity contribution is 0.116. The Labute approximate surface area is 150 Å². The van der Waals surface area contributed by atoms with Crippen molar-refractivity contribution in [2.45, 2.75) is 38.7 Å². The van der Waals surface area contributed by atoms with Crippen molar-refractivity contribution in [2.75, 3.05) is 20.8 Å². The largest absolute Gasteiger partial charge is 0.497 e. The van der Waals surface area contributed by atoms with Gasteiger partial charge in [-0.25, -0.2) is 4.98 Å². The quantitative estimate of drug-likeness (QED) is 0.615. The van der Waals surface area contributed by atoms with Crippen molar-refractivity contribution in [3.63, 3.8) is 0 Å². The van der Waals surface area contributed by atoms with Crippen molar-refractivity contribution < 1.29 is 14.2 Å². The fraction of sp³-hybridized carbons (Fsp3) is 0.500. The highest BCUT2D eigenvalue weighted by atomic mass is 35.5. The standard InChI is InChI=1S/C18H26N2O3.ClH/c1-21-16-11-15(12-17(13-16)22-2)14-23-10-6-4-3-5-7-18-19-8-9-20-18;/h8-9,11-13H,3-7,10,14H2,1-2H3,(H,19,20);1H. The van der Waals surface area contributed by atoms with E-state index in [9.17, 15) is 0 Å². The first kappa shape index (κ1) is 20.3. The third-order valence-corrected chi connectivity index (χ3v) is 3.69. The molecule has 0 saturated heterocycles. The average Bonchev–Trinajstić information content (AvgIpc) is 3.10. The van der Waals surface area contributed by atoms with Crippen LogP contribution in [-0.4, -0.2) is 30.8 Å². The van der Waals surface area contributed by atoms with Crippen molar-refractivity contribution >= 4 is 12.4 Å². The normalized spacial score (nSPS) is 10.2. The topological polar surface area (TPSA) is 56.4 Å². The van der Waals surface area contributed by atoms with Crippen LogP contribution in [0, 0.1) is 0 Å². The molecule has 1 heterocycles. The van der Waals surface area contributed by atoms with Gasteiger partial charge in [0.15, 0.2) is 0 Å². The van der Waals surface area contributed by atoms with E-state index >= 15 is 0 Å². The number of ether oxygens (including phenoxy) is 3. The Kier molecular flexibility index (Phi) is 9.96. The van der Waals surface area contributed by atoms with Crippen LogP contribution < -0.4 is 9.47 Å². The van der Waals surface area contributed by atoms with Crippen molar-refractivity contribution in [2.24, 2.45) is 0 Å². The van der Waals surface area contributed by atoms with Crippen LogP contribution in [0.25, 0.3) is 0 Å². The second-order valence-corrected chi connectivity index (χ2v) is 5.47. The minimum absolute atomic E-state index is 0. The number of imidazole rings is 1. The minimum atomic E-state index is 0. The lowest BCUT2D eigenvalue weighted by Crippen LogP contribution is -1.97. The number of aromatic nitrogens is 2. The van der Waals surface area contributed by atoms with E-state index in [-0.39, 0.29) is 12.4 Å². The second kappa shape index (κ2) is 11.8. The predicted octanol–water partition coefficient (Wildman–Crippen LogP) is 4.17. The minimum Gasteiger partial charge on any atom is -0.497 e. The number of halogens is 1. The van der Waals surface area contributed by atoms with Gasteiger partial charge < -0.3 is 19.2 Å². The molecule has 0 aliphatic rings. The molecule has 0 saturated carbocycles. The van der Waals surface area contributed by atoms with Crippen LogP contribution in [0.4, 0.5) is 0 Å². The van der Waals surface area contributed by atoms with E-state index in [0.29, 0.717) is 6.61 Å². The van der Waals surface area contributed by atoms with Gasteiger partial charge in [0.2, 0.25) is 0 Å². The monoisotopic (exact) mass is 354 g/mol. The second-order valence-electron chi connectivity index (χ2n) is 5.47. The molecule has 0 fully saturated rings. The van der Waals surface area contributed by atoms with Gasteiger partial charge in [-0.1, -0.05) is 12.8 Å². The van der Waals surface area contributed by atoms with Crippen LogP contribution in [0.2, 0.25) is 0 Å². The molecule has 2 rings (SSSR count). The highest BCUT2D eigenvalue weighted by Gasteiger charge is 2.02. The number of aromatic amines is 1. The summed E-state index contributed by atoms with van der Waals surface area (Å²) in [6.45, 7) is 1.36. The Morgan fingerprint density at radius 1 is 0.958 bits per heavy atom. The van der Waals surface area contributed by atoms with Gasteiger partial charge in [0, 0.05) is 31.5 Å². The molecule has 0 atom stereocenters. The predicted molar refractivity (Wildman–Crippen MR) is 97.2 cm³/mol. The van der Waals surface area contributed by atoms with E-state index in [4.69, 9.17) is 14.2 Å². The van der Waals surface area contributed by atoms with Gasteiger partial charge in [0.25, 0.3) is 0 Å². The SMILES string of the molecule is COc1cc(COCCCCCCc2ncc[nH]2)cc(OC)c1.Cl. The number of aryl methyl sites for hydroxylation is 1. The van der Waals surface area contributed by atoms with Crippen molar-refractivity contribution in [3.8, 4) is 11.5 Å². The summed E-state index contributed by atoms with van der Waals surface area (Å²) in [4.78, 5) is 7.35. The maximum atomic E-state index is 5.74. The molecule has 0 aliphatic heterocycles. The first-order valence-electron chi connectivity index (χ1n) is 8.10. The van der Waals surface area contributed by atoms with E-state index in [2.05, 4.69) is 9.97 Å². The van der Waals surface area contributed by atoms with Gasteiger partial charge in [-0.15, -0.1) is 12.4 Å². The van der Waals surface area contributed by atoms with Crippen molar-refractivity contribution in [3.05, 3.63) is 42.0 Å². The average molecular weight is 355 g/mol. The first-order valence-corrected chi connectivity index (χ1v) is 8.10. The maximum absolute atomic E-state index is 5.74. The fourth-order valence-corrected chi connectivity index (χ4v) is 2.42. The summed E-state index contributed by atoms with van der Waals surface area (Å²) < 4.78 is 16.3. The molecule has 134 valence electrons. The zero-order valence-electron chi connectivity index (χ0n) is 14.4. The Morgan fingerprint density at radius 3 is 2.29 bits per heavy atom. The highest BCUT2D eigenvalue weighted by Crippen LogP contribution is 2.23. The van der Waals surface area contributed by atoms with E-state index < -0.39 is 0 Å². The summed E-state index contributed by atoms with van der Waals surface area (Å²) in [7, 11) is 3.31. The molecule has 24 heavy (non-hydrogen) atoms. The summed E-state index contributed by atoms with van der Waals surface area (Å²) >= 11 is 0. The number of nitrogens with zero attached hydrogens (tertiary/aromatic N) is 1. The lowest BCUT2D eigenvalue weighted by atomic mass is 10.1. The molecule has 0 radical (unpaired) electrons. The summed E-state index contributed by atoms with van der Waals surface area (Å²) in [6.07, 6.45) is 9.34. The number of nitrogens with one attached hydrogen (secondary N) is 1. The van der Waals surface area contributed by atoms with Crippen LogP contribution in [0.1, 0.15) is 37.1 Å². The van der Waals surface area contributed by atoms with E-state index in [1.807, 2.05) is 24.4 Å². The summed E-state index contributed by atoms with van der Waals surface area (Å²) in [6, 6.07) is 5.82. The number of H-pyrrole nitrogens is 1. The molecule has 0 spiro atoms. The zero-order chi connectivity index (χ0) is 16.3. The van der Waals surface area contributed by atoms with Gasteiger partial charge in [-0.2, -0.15) is 0 Å². The molecule has 6 heteroatoms. The molecule has 2 aromatic rings. The van der Waals surface area contributed by atoms with Gasteiger partial charge in [-0.05, 0) is 30.5 Å². The van der Waals surface area contributed by atoms with E-state index in [0.717, 1.165) is 42.3 Å². The third kappa shape index (κ3) is 7.23. The summed E-state index contributed by atoms with van der Waals surface area (Å²) in [5.41, 5.74) is 1.07. The Bertz CT molecular complexity index is 539. The van der Waals surface area contributed by atoms with E-state index in [1.54, 1.807) is 20.4 Å². The van der Waals surface area contributed by atoms with Crippen LogP contribution in [0.3, 0.4) is 0 Å². The van der Waals surface area contributed by atoms with Crippen molar-refractivity contribution in [1.82, 2.24) is 9.97 Å². The highest BCUT2D eigenvalue weighted by molar-refractivity contribution is 5.85. The maximum Gasteiger partial charge on any atom is 0.122 e. The molecule has 5 nitrogen and oxygen atoms in total. The van der Waals surface area contributed by atoms with Gasteiger partial charge in [0.05, 0.1) is 20.8 Å². The van der Waals surface area contributed by atoms with Crippen LogP contribution in [-0.2, 0) is 17.8 Å². The lowest BCUT2D eigenvalue weighted by Gasteiger charge is -2.09. The Balaban J connectivity index is 0.00000288. The Hall–Kier alpha value is -1.72.